The van der Waals surface area contributed by atoms with Crippen LogP contribution >= 0.6 is 12.2 Å². The second-order valence-corrected chi connectivity index (χ2v) is 5.15. The first-order valence-corrected chi connectivity index (χ1v) is 6.89. The number of halogens is 1. The third kappa shape index (κ3) is 3.27. The molecule has 0 saturated carbocycles. The van der Waals surface area contributed by atoms with Gasteiger partial charge in [-0.05, 0) is 48.1 Å². The van der Waals surface area contributed by atoms with Crippen LogP contribution in [0, 0.1) is 0 Å². The first-order chi connectivity index (χ1) is 9.11. The summed E-state index contributed by atoms with van der Waals surface area (Å²) in [4.78, 5) is 0.961. The lowest BCUT2D eigenvalue weighted by atomic mass is 10.00. The summed E-state index contributed by atoms with van der Waals surface area (Å²) >= 11 is 5.28. The average molecular weight is 272 g/mol. The lowest BCUT2D eigenvalue weighted by molar-refractivity contribution is 0.659. The molecule has 0 nitrogen and oxygen atoms in total. The largest absolute Gasteiger partial charge is 0.207 e. The Morgan fingerprint density at radius 2 is 1.95 bits per heavy atom. The molecule has 0 radical (unpaired) electrons. The van der Waals surface area contributed by atoms with Gasteiger partial charge in [0.15, 0.2) is 0 Å². The molecule has 19 heavy (non-hydrogen) atoms. The minimum absolute atomic E-state index is 0.156. The summed E-state index contributed by atoms with van der Waals surface area (Å²) < 4.78 is 13.8. The number of thiocarbonyl (C=S) groups is 1. The maximum atomic E-state index is 13.8. The highest BCUT2D eigenvalue weighted by Crippen LogP contribution is 2.26. The molecule has 0 saturated heterocycles. The van der Waals surface area contributed by atoms with Gasteiger partial charge < -0.3 is 0 Å². The second kappa shape index (κ2) is 6.07. The fraction of sp³-hybridized carbons (Fsp3) is 0.235. The molecule has 0 fully saturated rings. The van der Waals surface area contributed by atoms with Crippen molar-refractivity contribution in [3.63, 3.8) is 0 Å². The Labute approximate surface area is 119 Å². The number of hydrogen-bond acceptors (Lipinski definition) is 1. The summed E-state index contributed by atoms with van der Waals surface area (Å²) in [5.74, 6) is -0.156. The fourth-order valence-electron chi connectivity index (χ4n) is 2.04. The van der Waals surface area contributed by atoms with Crippen molar-refractivity contribution in [2.24, 2.45) is 0 Å². The minimum Gasteiger partial charge on any atom is -0.207 e. The van der Waals surface area contributed by atoms with E-state index in [1.807, 2.05) is 36.4 Å². The molecule has 0 heterocycles. The summed E-state index contributed by atoms with van der Waals surface area (Å²) in [6, 6.07) is 8.08. The molecule has 1 aromatic rings. The summed E-state index contributed by atoms with van der Waals surface area (Å²) in [7, 11) is 0. The van der Waals surface area contributed by atoms with Gasteiger partial charge in [-0.15, -0.1) is 0 Å². The predicted octanol–water partition coefficient (Wildman–Crippen LogP) is 5.40. The summed E-state index contributed by atoms with van der Waals surface area (Å²) in [5, 5.41) is 0. The van der Waals surface area contributed by atoms with Crippen LogP contribution in [0.3, 0.4) is 0 Å². The third-order valence-corrected chi connectivity index (χ3v) is 3.81. The van der Waals surface area contributed by atoms with Crippen LogP contribution in [0.2, 0.25) is 0 Å². The Balaban J connectivity index is 2.31. The zero-order valence-corrected chi connectivity index (χ0v) is 12.1. The van der Waals surface area contributed by atoms with Crippen LogP contribution in [-0.2, 0) is 0 Å². The van der Waals surface area contributed by atoms with Gasteiger partial charge in [-0.1, -0.05) is 55.6 Å². The molecule has 0 N–H and O–H groups in total. The molecule has 98 valence electrons. The normalized spacial score (nSPS) is 15.2. The molecule has 0 atom stereocenters. The van der Waals surface area contributed by atoms with Crippen molar-refractivity contribution in [1.82, 2.24) is 0 Å². The number of allylic oxidation sites excluding steroid dienone is 6. The van der Waals surface area contributed by atoms with Gasteiger partial charge in [0, 0.05) is 4.86 Å². The van der Waals surface area contributed by atoms with E-state index in [1.165, 1.54) is 0 Å². The first-order valence-electron chi connectivity index (χ1n) is 6.49. The van der Waals surface area contributed by atoms with Gasteiger partial charge in [-0.2, -0.15) is 0 Å². The van der Waals surface area contributed by atoms with E-state index < -0.39 is 0 Å². The van der Waals surface area contributed by atoms with E-state index in [0.717, 1.165) is 34.4 Å². The molecule has 2 rings (SSSR count). The highest BCUT2D eigenvalue weighted by atomic mass is 32.1. The number of benzene rings is 1. The molecule has 0 unspecified atom stereocenters. The van der Waals surface area contributed by atoms with Crippen molar-refractivity contribution in [2.75, 3.05) is 0 Å². The van der Waals surface area contributed by atoms with Crippen molar-refractivity contribution in [1.29, 1.82) is 0 Å². The predicted molar refractivity (Wildman–Crippen MR) is 84.0 cm³/mol. The molecule has 1 aromatic carbocycles. The molecule has 1 aliphatic carbocycles. The molecule has 1 aliphatic rings. The zero-order valence-electron chi connectivity index (χ0n) is 11.2. The van der Waals surface area contributed by atoms with E-state index in [4.69, 9.17) is 12.2 Å². The van der Waals surface area contributed by atoms with E-state index in [9.17, 15) is 4.39 Å². The van der Waals surface area contributed by atoms with Crippen LogP contribution in [0.15, 0.2) is 53.9 Å². The SMILES string of the molecule is CCC(=S)c1ccc(C2=CC(F)=C(C)C=CC2)cc1. The van der Waals surface area contributed by atoms with E-state index in [0.29, 0.717) is 5.57 Å². The Kier molecular flexibility index (Phi) is 4.43. The van der Waals surface area contributed by atoms with Gasteiger partial charge in [0.25, 0.3) is 0 Å². The molecule has 0 bridgehead atoms. The maximum Gasteiger partial charge on any atom is 0.126 e. The maximum absolute atomic E-state index is 13.8. The summed E-state index contributed by atoms with van der Waals surface area (Å²) in [5.41, 5.74) is 3.81. The highest BCUT2D eigenvalue weighted by molar-refractivity contribution is 7.80. The van der Waals surface area contributed by atoms with Gasteiger partial charge in [0.1, 0.15) is 5.83 Å². The topological polar surface area (TPSA) is 0 Å². The first kappa shape index (κ1) is 13.9. The standard InChI is InChI=1S/C17H17FS/c1-3-17(19)14-9-7-13(8-10-14)15-6-4-5-12(2)16(18)11-15/h4-5,7-11H,3,6H2,1-2H3. The summed E-state index contributed by atoms with van der Waals surface area (Å²) in [6.45, 7) is 3.84. The highest BCUT2D eigenvalue weighted by Gasteiger charge is 2.07. The fourth-order valence-corrected chi connectivity index (χ4v) is 2.18. The Morgan fingerprint density at radius 1 is 1.26 bits per heavy atom. The molecule has 0 amide bonds. The van der Waals surface area contributed by atoms with Crippen molar-refractivity contribution >= 4 is 22.7 Å². The van der Waals surface area contributed by atoms with Gasteiger partial charge in [0.2, 0.25) is 0 Å². The Hall–Kier alpha value is -1.54. The minimum atomic E-state index is -0.156. The van der Waals surface area contributed by atoms with E-state index >= 15 is 0 Å². The Morgan fingerprint density at radius 3 is 2.58 bits per heavy atom. The lowest BCUT2D eigenvalue weighted by Gasteiger charge is -2.06. The lowest BCUT2D eigenvalue weighted by Crippen LogP contribution is -1.94. The summed E-state index contributed by atoms with van der Waals surface area (Å²) in [6.07, 6.45) is 7.08. The van der Waals surface area contributed by atoms with E-state index in [1.54, 1.807) is 13.0 Å². The van der Waals surface area contributed by atoms with Crippen LogP contribution in [0.1, 0.15) is 37.8 Å². The van der Waals surface area contributed by atoms with Crippen LogP contribution < -0.4 is 0 Å². The van der Waals surface area contributed by atoms with E-state index in [-0.39, 0.29) is 5.83 Å². The van der Waals surface area contributed by atoms with Crippen molar-refractivity contribution in [2.45, 2.75) is 26.7 Å². The third-order valence-electron chi connectivity index (χ3n) is 3.28. The molecule has 2 heteroatoms. The quantitative estimate of drug-likeness (QED) is 0.524. The number of hydrogen-bond donors (Lipinski definition) is 0. The zero-order chi connectivity index (χ0) is 13.8. The van der Waals surface area contributed by atoms with Crippen molar-refractivity contribution in [3.8, 4) is 0 Å². The average Bonchev–Trinajstić information content (AvgIpc) is 2.60. The Bertz CT molecular complexity index is 574. The monoisotopic (exact) mass is 272 g/mol. The molecule has 0 aromatic heterocycles. The van der Waals surface area contributed by atoms with Crippen molar-refractivity contribution < 1.29 is 4.39 Å². The van der Waals surface area contributed by atoms with Crippen molar-refractivity contribution in [3.05, 3.63) is 65.0 Å². The van der Waals surface area contributed by atoms with Crippen LogP contribution in [0.25, 0.3) is 5.57 Å². The van der Waals surface area contributed by atoms with Crippen LogP contribution in [0.4, 0.5) is 4.39 Å². The van der Waals surface area contributed by atoms with Gasteiger partial charge >= 0.3 is 0 Å². The molecule has 0 aliphatic heterocycles. The van der Waals surface area contributed by atoms with E-state index in [2.05, 4.69) is 6.92 Å². The molecular formula is C17H17FS. The van der Waals surface area contributed by atoms with Crippen LogP contribution in [0.5, 0.6) is 0 Å². The van der Waals surface area contributed by atoms with Gasteiger partial charge in [-0.3, -0.25) is 0 Å². The number of rotatable bonds is 3. The van der Waals surface area contributed by atoms with Gasteiger partial charge in [0.05, 0.1) is 0 Å². The second-order valence-electron chi connectivity index (χ2n) is 4.66. The molecular weight excluding hydrogens is 255 g/mol. The smallest absolute Gasteiger partial charge is 0.126 e. The molecule has 0 spiro atoms. The van der Waals surface area contributed by atoms with Crippen LogP contribution in [-0.4, -0.2) is 4.86 Å². The van der Waals surface area contributed by atoms with Gasteiger partial charge in [-0.25, -0.2) is 4.39 Å².